The summed E-state index contributed by atoms with van der Waals surface area (Å²) in [6.45, 7) is 3.71. The Morgan fingerprint density at radius 1 is 0.657 bits per heavy atom. The van der Waals surface area contributed by atoms with E-state index in [-0.39, 0.29) is 16.7 Å². The second kappa shape index (κ2) is 25.1. The van der Waals surface area contributed by atoms with Gasteiger partial charge in [-0.15, -0.1) is 11.8 Å². The second-order valence-electron chi connectivity index (χ2n) is 15.7. The van der Waals surface area contributed by atoms with E-state index in [4.69, 9.17) is 52.1 Å². The van der Waals surface area contributed by atoms with Gasteiger partial charge >= 0.3 is 47.8 Å². The van der Waals surface area contributed by atoms with Gasteiger partial charge in [-0.1, -0.05) is 54.6 Å². The zero-order valence-electron chi connectivity index (χ0n) is 39.1. The fraction of sp³-hybridized carbons (Fsp3) is 0.438. The van der Waals surface area contributed by atoms with E-state index in [1.54, 1.807) is 60.9 Å². The fourth-order valence-electron chi connectivity index (χ4n) is 7.69. The van der Waals surface area contributed by atoms with Gasteiger partial charge in [0.2, 0.25) is 5.91 Å². The van der Waals surface area contributed by atoms with Crippen LogP contribution in [-0.4, -0.2) is 146 Å². The van der Waals surface area contributed by atoms with Crippen LogP contribution in [0.4, 0.5) is 0 Å². The molecular weight excluding hydrogens is 943 g/mol. The maximum absolute atomic E-state index is 14.7. The third kappa shape index (κ3) is 14.3. The molecule has 70 heavy (non-hydrogen) atoms. The van der Waals surface area contributed by atoms with Crippen LogP contribution in [0.1, 0.15) is 72.1 Å². The van der Waals surface area contributed by atoms with Crippen LogP contribution in [0, 0.1) is 0 Å². The smallest absolute Gasteiger partial charge is 0.366 e. The Balaban J connectivity index is 1.76. The maximum atomic E-state index is 14.7. The van der Waals surface area contributed by atoms with Crippen molar-refractivity contribution in [3.63, 3.8) is 0 Å². The van der Waals surface area contributed by atoms with E-state index in [2.05, 4.69) is 5.32 Å². The number of thioether (sulfide) groups is 1. The Labute approximate surface area is 406 Å². The molecule has 0 saturated carbocycles. The van der Waals surface area contributed by atoms with Gasteiger partial charge in [-0.3, -0.25) is 24.0 Å². The van der Waals surface area contributed by atoms with Crippen molar-refractivity contribution in [3.05, 3.63) is 108 Å². The quantitative estimate of drug-likeness (QED) is 0.133. The molecule has 3 aromatic rings. The number of carbonyl (C=O) groups is 9. The molecule has 376 valence electrons. The summed E-state index contributed by atoms with van der Waals surface area (Å²) in [6.07, 6.45) is -13.5. The molecule has 0 aromatic heterocycles. The molecule has 2 heterocycles. The lowest BCUT2D eigenvalue weighted by Gasteiger charge is -2.51. The highest BCUT2D eigenvalue weighted by atomic mass is 32.2. The molecule has 0 spiro atoms. The standard InChI is InChI=1S/C48H53NO20S/c1-26(50)49-37-34(62-28(3)52)23-48(47(58)59-6,68-40(37)38(64-30(5)54)35(63-29(4)53)24-60-27(2)51)69-41-39(66-44(56)32-19-13-9-14-20-32)36(25-61-43(55)31-17-11-8-12-18-31)65-46(70-7)42(41)67-45(57)33-21-15-10-16-22-33/h8-22,34-42,46H,23-25H2,1-7H3,(H,49,50)/t34-,35+,36+,37+,38+,39-,40+,41-,42+,46-,48-/m0/s1. The van der Waals surface area contributed by atoms with Crippen molar-refractivity contribution in [2.75, 3.05) is 26.6 Å². The van der Waals surface area contributed by atoms with Gasteiger partial charge in [0.25, 0.3) is 5.79 Å². The molecule has 0 bridgehead atoms. The highest BCUT2D eigenvalue weighted by Gasteiger charge is 2.63. The average molecular weight is 996 g/mol. The number of methoxy groups -OCH3 is 1. The molecule has 2 saturated heterocycles. The van der Waals surface area contributed by atoms with E-state index in [9.17, 15) is 43.2 Å². The van der Waals surface area contributed by atoms with Gasteiger partial charge in [0.1, 0.15) is 43.1 Å². The largest absolute Gasteiger partial charge is 0.465 e. The topological polar surface area (TPSA) is 267 Å². The van der Waals surface area contributed by atoms with Gasteiger partial charge in [0.05, 0.1) is 36.3 Å². The fourth-order valence-corrected chi connectivity index (χ4v) is 8.42. The van der Waals surface area contributed by atoms with Gasteiger partial charge in [-0.2, -0.15) is 0 Å². The van der Waals surface area contributed by atoms with E-state index >= 15 is 0 Å². The Hall–Kier alpha value is -6.88. The van der Waals surface area contributed by atoms with Gasteiger partial charge in [-0.05, 0) is 42.7 Å². The van der Waals surface area contributed by atoms with Crippen LogP contribution in [0.2, 0.25) is 0 Å². The maximum Gasteiger partial charge on any atom is 0.366 e. The predicted octanol–water partition coefficient (Wildman–Crippen LogP) is 3.29. The summed E-state index contributed by atoms with van der Waals surface area (Å²) in [4.78, 5) is 120. The number of hydrogen-bond acceptors (Lipinski definition) is 21. The van der Waals surface area contributed by atoms with Crippen molar-refractivity contribution in [3.8, 4) is 0 Å². The summed E-state index contributed by atoms with van der Waals surface area (Å²) in [5.41, 5.74) is -1.05. The molecular formula is C48H53NO20S. The number of benzene rings is 3. The minimum atomic E-state index is -2.93. The molecule has 0 radical (unpaired) electrons. The van der Waals surface area contributed by atoms with Crippen LogP contribution >= 0.6 is 11.8 Å². The van der Waals surface area contributed by atoms with Crippen molar-refractivity contribution in [1.29, 1.82) is 0 Å². The summed E-state index contributed by atoms with van der Waals surface area (Å²) >= 11 is 0.986. The number of carbonyl (C=O) groups excluding carboxylic acids is 9. The normalized spacial score (nSPS) is 24.7. The number of nitrogens with one attached hydrogen (secondary N) is 1. The summed E-state index contributed by atoms with van der Waals surface area (Å²) < 4.78 is 65.3. The van der Waals surface area contributed by atoms with Crippen LogP contribution in [0.3, 0.4) is 0 Å². The third-order valence-electron chi connectivity index (χ3n) is 10.5. The lowest BCUT2D eigenvalue weighted by atomic mass is 9.87. The van der Waals surface area contributed by atoms with E-state index in [0.29, 0.717) is 0 Å². The molecule has 5 rings (SSSR count). The first kappa shape index (κ1) is 54.1. The van der Waals surface area contributed by atoms with Crippen molar-refractivity contribution < 1.29 is 95.3 Å². The molecule has 21 nitrogen and oxygen atoms in total. The molecule has 11 atom stereocenters. The minimum absolute atomic E-state index is 0.0179. The van der Waals surface area contributed by atoms with Gasteiger partial charge in [0.15, 0.2) is 24.4 Å². The second-order valence-corrected chi connectivity index (χ2v) is 16.7. The Kier molecular flexibility index (Phi) is 19.4. The van der Waals surface area contributed by atoms with Crippen LogP contribution in [0.25, 0.3) is 0 Å². The summed E-state index contributed by atoms with van der Waals surface area (Å²) in [7, 11) is 0.943. The number of rotatable bonds is 19. The summed E-state index contributed by atoms with van der Waals surface area (Å²) in [5.74, 6) is -11.6. The van der Waals surface area contributed by atoms with Crippen molar-refractivity contribution >= 4 is 65.4 Å². The van der Waals surface area contributed by atoms with Crippen LogP contribution in [-0.2, 0) is 80.9 Å². The monoisotopic (exact) mass is 995 g/mol. The molecule has 22 heteroatoms. The molecule has 0 aliphatic carbocycles. The summed E-state index contributed by atoms with van der Waals surface area (Å²) in [6, 6.07) is 21.7. The molecule has 2 aliphatic heterocycles. The lowest BCUT2D eigenvalue weighted by molar-refractivity contribution is -0.349. The number of amides is 1. The first-order valence-corrected chi connectivity index (χ1v) is 22.9. The first-order valence-electron chi connectivity index (χ1n) is 21.6. The van der Waals surface area contributed by atoms with Gasteiger partial charge in [-0.25, -0.2) is 19.2 Å². The van der Waals surface area contributed by atoms with E-state index in [1.165, 1.54) is 36.4 Å². The third-order valence-corrected chi connectivity index (χ3v) is 11.4. The number of ether oxygens (including phenoxy) is 11. The van der Waals surface area contributed by atoms with Crippen molar-refractivity contribution in [1.82, 2.24) is 5.32 Å². The lowest BCUT2D eigenvalue weighted by Crippen LogP contribution is -2.71. The molecule has 1 amide bonds. The average Bonchev–Trinajstić information content (AvgIpc) is 3.33. The molecule has 0 unspecified atom stereocenters. The molecule has 1 N–H and O–H groups in total. The Morgan fingerprint density at radius 2 is 1.19 bits per heavy atom. The molecule has 2 aliphatic rings. The summed E-state index contributed by atoms with van der Waals surface area (Å²) in [5, 5.41) is 2.58. The van der Waals surface area contributed by atoms with Crippen LogP contribution in [0.15, 0.2) is 91.0 Å². The molecule has 3 aromatic carbocycles. The highest BCUT2D eigenvalue weighted by Crippen LogP contribution is 2.42. The predicted molar refractivity (Wildman–Crippen MR) is 240 cm³/mol. The Bertz CT molecular complexity index is 2340. The minimum Gasteiger partial charge on any atom is -0.465 e. The number of esters is 8. The van der Waals surface area contributed by atoms with Crippen LogP contribution < -0.4 is 5.32 Å². The zero-order valence-corrected chi connectivity index (χ0v) is 39.9. The van der Waals surface area contributed by atoms with Gasteiger partial charge in [0, 0.05) is 34.6 Å². The SMILES string of the molecule is COC(=O)[C@@]1(O[C@H]2[C@@H](OC(=O)c3ccccc3)[C@@H](COC(=O)c3ccccc3)O[C@@H](SC)[C@@H]2OC(=O)c2ccccc2)C[C@H](OC(C)=O)[C@@H](NC(C)=O)[C@H]([C@H](OC(C)=O)[C@@H](COC(C)=O)OC(C)=O)O1. The van der Waals surface area contributed by atoms with E-state index in [0.717, 1.165) is 53.5 Å². The zero-order chi connectivity index (χ0) is 51.1. The van der Waals surface area contributed by atoms with Crippen molar-refractivity contribution in [2.24, 2.45) is 0 Å². The number of hydrogen-bond donors (Lipinski definition) is 1. The van der Waals surface area contributed by atoms with Crippen LogP contribution in [0.5, 0.6) is 0 Å². The van der Waals surface area contributed by atoms with Crippen molar-refractivity contribution in [2.45, 2.75) is 107 Å². The highest BCUT2D eigenvalue weighted by molar-refractivity contribution is 7.99. The molecule has 2 fully saturated rings. The van der Waals surface area contributed by atoms with E-state index in [1.807, 2.05) is 0 Å². The van der Waals surface area contributed by atoms with Gasteiger partial charge < -0.3 is 57.4 Å². The first-order chi connectivity index (χ1) is 33.4. The Morgan fingerprint density at radius 3 is 1.66 bits per heavy atom. The van der Waals surface area contributed by atoms with E-state index < -0.39 is 139 Å².